The van der Waals surface area contributed by atoms with Crippen molar-refractivity contribution in [2.45, 2.75) is 19.8 Å². The fourth-order valence-corrected chi connectivity index (χ4v) is 1.97. The molecule has 1 N–H and O–H groups in total. The molecule has 0 bridgehead atoms. The molecule has 5 heteroatoms. The highest BCUT2D eigenvalue weighted by Gasteiger charge is 2.18. The van der Waals surface area contributed by atoms with E-state index in [1.54, 1.807) is 14.0 Å². The van der Waals surface area contributed by atoms with Crippen LogP contribution in [0.5, 0.6) is 5.75 Å². The summed E-state index contributed by atoms with van der Waals surface area (Å²) in [6, 6.07) is 5.86. The van der Waals surface area contributed by atoms with Crippen LogP contribution in [0.1, 0.15) is 24.5 Å². The van der Waals surface area contributed by atoms with Crippen LogP contribution in [0, 0.1) is 0 Å². The van der Waals surface area contributed by atoms with Gasteiger partial charge in [-0.05, 0) is 43.5 Å². The van der Waals surface area contributed by atoms with Gasteiger partial charge in [0.15, 0.2) is 0 Å². The molecule has 1 amide bonds. The summed E-state index contributed by atoms with van der Waals surface area (Å²) in [6.45, 7) is 2.09. The van der Waals surface area contributed by atoms with Crippen LogP contribution in [-0.2, 0) is 11.2 Å². The third-order valence-corrected chi connectivity index (χ3v) is 2.81. The number of fused-ring (bicyclic) bond motifs is 1. The molecule has 5 nitrogen and oxygen atoms in total. The first kappa shape index (κ1) is 12.4. The van der Waals surface area contributed by atoms with Crippen LogP contribution >= 0.6 is 0 Å². The van der Waals surface area contributed by atoms with Gasteiger partial charge in [0.25, 0.3) is 0 Å². The molecular weight excluding hydrogens is 232 g/mol. The van der Waals surface area contributed by atoms with Crippen molar-refractivity contribution in [3.8, 4) is 5.75 Å². The van der Waals surface area contributed by atoms with Crippen LogP contribution in [0.15, 0.2) is 23.3 Å². The molecule has 18 heavy (non-hydrogen) atoms. The Morgan fingerprint density at radius 2 is 2.28 bits per heavy atom. The second-order valence-electron chi connectivity index (χ2n) is 3.91. The summed E-state index contributed by atoms with van der Waals surface area (Å²) in [4.78, 5) is 11.2. The van der Waals surface area contributed by atoms with Gasteiger partial charge in [0.05, 0.1) is 19.4 Å². The highest BCUT2D eigenvalue weighted by Crippen LogP contribution is 2.26. The standard InChI is InChI=1S/C13H16N2O3/c1-3-18-13(16)15-14-12-7-4-9-8-10(17-2)5-6-11(9)12/h5-6,8H,3-4,7H2,1-2H3,(H,15,16)/b14-12-. The number of carbonyl (C=O) groups is 1. The van der Waals surface area contributed by atoms with Crippen LogP contribution in [0.25, 0.3) is 0 Å². The van der Waals surface area contributed by atoms with Crippen molar-refractivity contribution in [3.05, 3.63) is 29.3 Å². The third kappa shape index (κ3) is 2.61. The van der Waals surface area contributed by atoms with Crippen molar-refractivity contribution in [2.75, 3.05) is 13.7 Å². The zero-order valence-corrected chi connectivity index (χ0v) is 10.5. The number of hydrogen-bond acceptors (Lipinski definition) is 4. The zero-order chi connectivity index (χ0) is 13.0. The predicted octanol–water partition coefficient (Wildman–Crippen LogP) is 2.09. The lowest BCUT2D eigenvalue weighted by Gasteiger charge is -2.04. The summed E-state index contributed by atoms with van der Waals surface area (Å²) in [5.41, 5.74) is 5.52. The molecule has 96 valence electrons. The number of hydrazone groups is 1. The Kier molecular flexibility index (Phi) is 3.82. The molecule has 0 saturated heterocycles. The minimum absolute atomic E-state index is 0.338. The van der Waals surface area contributed by atoms with E-state index in [0.29, 0.717) is 6.61 Å². The highest BCUT2D eigenvalue weighted by molar-refractivity contribution is 6.04. The summed E-state index contributed by atoms with van der Waals surface area (Å²) in [5.74, 6) is 0.841. The molecule has 0 aliphatic heterocycles. The summed E-state index contributed by atoms with van der Waals surface area (Å²) in [7, 11) is 1.65. The van der Waals surface area contributed by atoms with Gasteiger partial charge < -0.3 is 9.47 Å². The molecule has 0 saturated carbocycles. The molecular formula is C13H16N2O3. The van der Waals surface area contributed by atoms with E-state index in [4.69, 9.17) is 9.47 Å². The molecule has 1 aromatic rings. The Hall–Kier alpha value is -2.04. The summed E-state index contributed by atoms with van der Waals surface area (Å²) in [6.07, 6.45) is 1.21. The summed E-state index contributed by atoms with van der Waals surface area (Å²) < 4.78 is 9.92. The predicted molar refractivity (Wildman–Crippen MR) is 68.0 cm³/mol. The average molecular weight is 248 g/mol. The zero-order valence-electron chi connectivity index (χ0n) is 10.5. The van der Waals surface area contributed by atoms with Crippen molar-refractivity contribution in [3.63, 3.8) is 0 Å². The normalized spacial score (nSPS) is 15.3. The van der Waals surface area contributed by atoms with Crippen molar-refractivity contribution in [1.29, 1.82) is 0 Å². The number of hydrogen-bond donors (Lipinski definition) is 1. The van der Waals surface area contributed by atoms with E-state index in [0.717, 1.165) is 29.9 Å². The number of amides is 1. The Morgan fingerprint density at radius 1 is 1.44 bits per heavy atom. The number of methoxy groups -OCH3 is 1. The molecule has 0 atom stereocenters. The molecule has 0 heterocycles. The summed E-state index contributed by atoms with van der Waals surface area (Å²) >= 11 is 0. The maximum Gasteiger partial charge on any atom is 0.427 e. The molecule has 0 spiro atoms. The van der Waals surface area contributed by atoms with Crippen molar-refractivity contribution < 1.29 is 14.3 Å². The number of carbonyl (C=O) groups excluding carboxylic acids is 1. The molecule has 1 aromatic carbocycles. The van der Waals surface area contributed by atoms with E-state index in [9.17, 15) is 4.79 Å². The Bertz CT molecular complexity index is 483. The lowest BCUT2D eigenvalue weighted by atomic mass is 10.1. The lowest BCUT2D eigenvalue weighted by molar-refractivity contribution is 0.152. The molecule has 0 aromatic heterocycles. The van der Waals surface area contributed by atoms with Gasteiger partial charge in [0, 0.05) is 5.56 Å². The second-order valence-corrected chi connectivity index (χ2v) is 3.91. The molecule has 1 aliphatic rings. The SMILES string of the molecule is CCOC(=O)N/N=C1/CCc2cc(OC)ccc21. The molecule has 0 fully saturated rings. The smallest absolute Gasteiger partial charge is 0.427 e. The van der Waals surface area contributed by atoms with Crippen LogP contribution in [-0.4, -0.2) is 25.5 Å². The first-order chi connectivity index (χ1) is 8.74. The van der Waals surface area contributed by atoms with Crippen LogP contribution in [0.4, 0.5) is 4.79 Å². The van der Waals surface area contributed by atoms with Gasteiger partial charge in [-0.1, -0.05) is 0 Å². The molecule has 0 unspecified atom stereocenters. The minimum atomic E-state index is -0.521. The minimum Gasteiger partial charge on any atom is -0.497 e. The number of ether oxygens (including phenoxy) is 2. The van der Waals surface area contributed by atoms with Crippen molar-refractivity contribution in [1.82, 2.24) is 5.43 Å². The van der Waals surface area contributed by atoms with Crippen LogP contribution in [0.2, 0.25) is 0 Å². The van der Waals surface area contributed by atoms with Gasteiger partial charge >= 0.3 is 6.09 Å². The Labute approximate surface area is 106 Å². The molecule has 1 aliphatic carbocycles. The molecule has 0 radical (unpaired) electrons. The van der Waals surface area contributed by atoms with Crippen LogP contribution < -0.4 is 10.2 Å². The van der Waals surface area contributed by atoms with E-state index in [2.05, 4.69) is 10.5 Å². The number of rotatable bonds is 3. The largest absolute Gasteiger partial charge is 0.497 e. The lowest BCUT2D eigenvalue weighted by Crippen LogP contribution is -2.20. The highest BCUT2D eigenvalue weighted by atomic mass is 16.5. The van der Waals surface area contributed by atoms with Crippen LogP contribution in [0.3, 0.4) is 0 Å². The first-order valence-electron chi connectivity index (χ1n) is 5.91. The van der Waals surface area contributed by atoms with Gasteiger partial charge in [0.2, 0.25) is 0 Å². The average Bonchev–Trinajstić information content (AvgIpc) is 2.78. The number of benzene rings is 1. The second kappa shape index (κ2) is 5.53. The fourth-order valence-electron chi connectivity index (χ4n) is 1.97. The number of nitrogens with one attached hydrogen (secondary N) is 1. The van der Waals surface area contributed by atoms with Gasteiger partial charge in [-0.2, -0.15) is 5.10 Å². The Balaban J connectivity index is 2.11. The first-order valence-corrected chi connectivity index (χ1v) is 5.91. The fraction of sp³-hybridized carbons (Fsp3) is 0.385. The third-order valence-electron chi connectivity index (χ3n) is 2.81. The van der Waals surface area contributed by atoms with Gasteiger partial charge in [-0.3, -0.25) is 0 Å². The van der Waals surface area contributed by atoms with E-state index in [1.165, 1.54) is 5.56 Å². The van der Waals surface area contributed by atoms with Crippen molar-refractivity contribution in [2.24, 2.45) is 5.10 Å². The van der Waals surface area contributed by atoms with E-state index in [1.807, 2.05) is 18.2 Å². The van der Waals surface area contributed by atoms with E-state index >= 15 is 0 Å². The monoisotopic (exact) mass is 248 g/mol. The maximum atomic E-state index is 11.2. The van der Waals surface area contributed by atoms with Gasteiger partial charge in [0.1, 0.15) is 5.75 Å². The maximum absolute atomic E-state index is 11.2. The number of aryl methyl sites for hydroxylation is 1. The Morgan fingerprint density at radius 3 is 3.00 bits per heavy atom. The van der Waals surface area contributed by atoms with E-state index < -0.39 is 6.09 Å². The van der Waals surface area contributed by atoms with E-state index in [-0.39, 0.29) is 0 Å². The van der Waals surface area contributed by atoms with Gasteiger partial charge in [-0.25, -0.2) is 10.2 Å². The quantitative estimate of drug-likeness (QED) is 0.833. The number of nitrogens with zero attached hydrogens (tertiary/aromatic N) is 1. The molecule has 2 rings (SSSR count). The topological polar surface area (TPSA) is 59.9 Å². The van der Waals surface area contributed by atoms with Crippen molar-refractivity contribution >= 4 is 11.8 Å². The summed E-state index contributed by atoms with van der Waals surface area (Å²) in [5, 5.41) is 4.09. The van der Waals surface area contributed by atoms with Gasteiger partial charge in [-0.15, -0.1) is 0 Å².